The summed E-state index contributed by atoms with van der Waals surface area (Å²) in [5.41, 5.74) is 3.71. The number of ether oxygens (including phenoxy) is 1. The Morgan fingerprint density at radius 1 is 1.26 bits per heavy atom. The molecule has 5 nitrogen and oxygen atoms in total. The van der Waals surface area contributed by atoms with E-state index >= 15 is 0 Å². The third-order valence-corrected chi connectivity index (χ3v) is 4.13. The predicted octanol–water partition coefficient (Wildman–Crippen LogP) is 3.98. The lowest BCUT2D eigenvalue weighted by atomic mass is 10.1. The summed E-state index contributed by atoms with van der Waals surface area (Å²) >= 11 is 6.39. The van der Waals surface area contributed by atoms with Crippen molar-refractivity contribution in [2.24, 2.45) is 0 Å². The monoisotopic (exact) mass is 330 g/mol. The lowest BCUT2D eigenvalue weighted by Crippen LogP contribution is -2.00. The second kappa shape index (κ2) is 5.59. The fourth-order valence-electron chi connectivity index (χ4n) is 2.73. The molecule has 0 amide bonds. The third kappa shape index (κ3) is 2.43. The fourth-order valence-corrected chi connectivity index (χ4v) is 2.99. The first-order chi connectivity index (χ1) is 10.9. The van der Waals surface area contributed by atoms with E-state index in [1.807, 2.05) is 25.1 Å². The number of aromatic nitrogens is 2. The standard InChI is InChI=1S/C17H15ClN2O3/c1-9-4-7-14-15(17(21)22)10(2)19-20(14)16(9)12-6-5-11(23-3)8-13(12)18/h4-8H,1-3H3,(H,21,22). The van der Waals surface area contributed by atoms with Gasteiger partial charge in [-0.1, -0.05) is 17.7 Å². The average molecular weight is 331 g/mol. The average Bonchev–Trinajstić information content (AvgIpc) is 2.84. The molecule has 0 aliphatic carbocycles. The van der Waals surface area contributed by atoms with E-state index in [0.29, 0.717) is 22.0 Å². The minimum atomic E-state index is -0.992. The molecule has 0 unspecified atom stereocenters. The van der Waals surface area contributed by atoms with Crippen LogP contribution in [0.3, 0.4) is 0 Å². The zero-order valence-electron chi connectivity index (χ0n) is 12.9. The van der Waals surface area contributed by atoms with Gasteiger partial charge in [-0.25, -0.2) is 9.31 Å². The Morgan fingerprint density at radius 3 is 2.61 bits per heavy atom. The zero-order chi connectivity index (χ0) is 16.7. The van der Waals surface area contributed by atoms with E-state index in [9.17, 15) is 9.90 Å². The van der Waals surface area contributed by atoms with Gasteiger partial charge in [-0.2, -0.15) is 5.10 Å². The Bertz CT molecular complexity index is 931. The van der Waals surface area contributed by atoms with Crippen LogP contribution in [0.5, 0.6) is 5.75 Å². The van der Waals surface area contributed by atoms with Gasteiger partial charge in [-0.05, 0) is 43.7 Å². The Balaban J connectivity index is 2.35. The summed E-state index contributed by atoms with van der Waals surface area (Å²) in [5, 5.41) is 14.3. The number of carboxylic acid groups (broad SMARTS) is 1. The fraction of sp³-hybridized carbons (Fsp3) is 0.176. The van der Waals surface area contributed by atoms with Crippen LogP contribution in [-0.2, 0) is 0 Å². The van der Waals surface area contributed by atoms with Gasteiger partial charge in [0, 0.05) is 5.56 Å². The molecule has 0 aliphatic heterocycles. The first-order valence-corrected chi connectivity index (χ1v) is 7.38. The maximum atomic E-state index is 11.5. The van der Waals surface area contributed by atoms with E-state index in [-0.39, 0.29) is 5.56 Å². The van der Waals surface area contributed by atoms with E-state index in [0.717, 1.165) is 16.8 Å². The number of pyridine rings is 1. The van der Waals surface area contributed by atoms with Gasteiger partial charge < -0.3 is 9.84 Å². The Labute approximate surface area is 138 Å². The molecular formula is C17H15ClN2O3. The van der Waals surface area contributed by atoms with Crippen molar-refractivity contribution in [2.45, 2.75) is 13.8 Å². The Kier molecular flexibility index (Phi) is 3.74. The van der Waals surface area contributed by atoms with E-state index < -0.39 is 5.97 Å². The molecule has 23 heavy (non-hydrogen) atoms. The highest BCUT2D eigenvalue weighted by Gasteiger charge is 2.20. The number of methoxy groups -OCH3 is 1. The first kappa shape index (κ1) is 15.4. The molecule has 3 rings (SSSR count). The summed E-state index contributed by atoms with van der Waals surface area (Å²) in [4.78, 5) is 11.5. The summed E-state index contributed by atoms with van der Waals surface area (Å²) in [6.45, 7) is 3.62. The molecule has 0 atom stereocenters. The number of fused-ring (bicyclic) bond motifs is 1. The van der Waals surface area contributed by atoms with Gasteiger partial charge in [0.25, 0.3) is 0 Å². The molecule has 2 heterocycles. The van der Waals surface area contributed by atoms with Gasteiger partial charge in [-0.3, -0.25) is 0 Å². The first-order valence-electron chi connectivity index (χ1n) is 7.00. The van der Waals surface area contributed by atoms with Crippen molar-refractivity contribution in [3.63, 3.8) is 0 Å². The van der Waals surface area contributed by atoms with E-state index in [4.69, 9.17) is 16.3 Å². The van der Waals surface area contributed by atoms with Crippen LogP contribution < -0.4 is 4.74 Å². The van der Waals surface area contributed by atoms with Crippen molar-refractivity contribution >= 4 is 23.1 Å². The molecule has 0 saturated heterocycles. The number of aromatic carboxylic acids is 1. The SMILES string of the molecule is COc1ccc(-c2c(C)ccc3c(C(=O)O)c(C)nn23)c(Cl)c1. The number of carbonyl (C=O) groups is 1. The molecule has 118 valence electrons. The second-order valence-electron chi connectivity index (χ2n) is 5.27. The maximum Gasteiger partial charge on any atom is 0.339 e. The van der Waals surface area contributed by atoms with Crippen molar-refractivity contribution in [2.75, 3.05) is 7.11 Å². The maximum absolute atomic E-state index is 11.5. The molecule has 0 saturated carbocycles. The van der Waals surface area contributed by atoms with Crippen LogP contribution in [0.25, 0.3) is 16.8 Å². The number of nitrogens with zero attached hydrogens (tertiary/aromatic N) is 2. The molecule has 6 heteroatoms. The molecular weight excluding hydrogens is 316 g/mol. The lowest BCUT2D eigenvalue weighted by molar-refractivity contribution is 0.0698. The van der Waals surface area contributed by atoms with Gasteiger partial charge in [0.15, 0.2) is 0 Å². The Morgan fingerprint density at radius 2 is 2.00 bits per heavy atom. The number of aryl methyl sites for hydroxylation is 2. The van der Waals surface area contributed by atoms with Crippen LogP contribution in [0, 0.1) is 13.8 Å². The predicted molar refractivity (Wildman–Crippen MR) is 88.6 cm³/mol. The summed E-state index contributed by atoms with van der Waals surface area (Å²) in [6.07, 6.45) is 0. The molecule has 1 aromatic carbocycles. The highest BCUT2D eigenvalue weighted by atomic mass is 35.5. The van der Waals surface area contributed by atoms with E-state index in [1.165, 1.54) is 0 Å². The van der Waals surface area contributed by atoms with Crippen molar-refractivity contribution in [3.05, 3.63) is 52.2 Å². The van der Waals surface area contributed by atoms with Gasteiger partial charge in [0.1, 0.15) is 11.3 Å². The molecule has 1 N–H and O–H groups in total. The van der Waals surface area contributed by atoms with E-state index in [1.54, 1.807) is 30.7 Å². The molecule has 0 bridgehead atoms. The van der Waals surface area contributed by atoms with Crippen molar-refractivity contribution in [1.82, 2.24) is 9.61 Å². The molecule has 0 radical (unpaired) electrons. The summed E-state index contributed by atoms with van der Waals surface area (Å²) in [6, 6.07) is 9.02. The molecule has 0 aliphatic rings. The van der Waals surface area contributed by atoms with Crippen LogP contribution in [0.4, 0.5) is 0 Å². The zero-order valence-corrected chi connectivity index (χ0v) is 13.7. The molecule has 2 aromatic heterocycles. The molecule has 0 spiro atoms. The number of hydrogen-bond acceptors (Lipinski definition) is 3. The van der Waals surface area contributed by atoms with Crippen LogP contribution in [0.2, 0.25) is 5.02 Å². The van der Waals surface area contributed by atoms with Crippen LogP contribution in [0.15, 0.2) is 30.3 Å². The van der Waals surface area contributed by atoms with Crippen molar-refractivity contribution in [3.8, 4) is 17.0 Å². The Hall–Kier alpha value is -2.53. The van der Waals surface area contributed by atoms with Crippen LogP contribution >= 0.6 is 11.6 Å². The lowest BCUT2D eigenvalue weighted by Gasteiger charge is -2.12. The minimum Gasteiger partial charge on any atom is -0.497 e. The van der Waals surface area contributed by atoms with Crippen LogP contribution in [-0.4, -0.2) is 27.8 Å². The van der Waals surface area contributed by atoms with Crippen molar-refractivity contribution < 1.29 is 14.6 Å². The normalized spacial score (nSPS) is 11.0. The summed E-state index contributed by atoms with van der Waals surface area (Å²) < 4.78 is 6.81. The largest absolute Gasteiger partial charge is 0.497 e. The smallest absolute Gasteiger partial charge is 0.339 e. The van der Waals surface area contributed by atoms with Crippen molar-refractivity contribution in [1.29, 1.82) is 0 Å². The van der Waals surface area contributed by atoms with E-state index in [2.05, 4.69) is 5.10 Å². The highest BCUT2D eigenvalue weighted by molar-refractivity contribution is 6.33. The number of hydrogen-bond donors (Lipinski definition) is 1. The van der Waals surface area contributed by atoms with Crippen LogP contribution in [0.1, 0.15) is 21.6 Å². The third-order valence-electron chi connectivity index (χ3n) is 3.82. The highest BCUT2D eigenvalue weighted by Crippen LogP contribution is 2.34. The quantitative estimate of drug-likeness (QED) is 0.789. The topological polar surface area (TPSA) is 63.8 Å². The number of benzene rings is 1. The number of halogens is 1. The van der Waals surface area contributed by atoms with Gasteiger partial charge in [0.2, 0.25) is 0 Å². The molecule has 0 fully saturated rings. The second-order valence-corrected chi connectivity index (χ2v) is 5.68. The minimum absolute atomic E-state index is 0.205. The van der Waals surface area contributed by atoms with Gasteiger partial charge >= 0.3 is 5.97 Å². The van der Waals surface area contributed by atoms with Gasteiger partial charge in [-0.15, -0.1) is 0 Å². The summed E-state index contributed by atoms with van der Waals surface area (Å²) in [7, 11) is 1.58. The number of rotatable bonds is 3. The van der Waals surface area contributed by atoms with Gasteiger partial charge in [0.05, 0.1) is 29.0 Å². The molecule has 3 aromatic rings. The summed E-state index contributed by atoms with van der Waals surface area (Å²) in [5.74, 6) is -0.334. The number of carboxylic acids is 1.